The van der Waals surface area contributed by atoms with Gasteiger partial charge in [-0.3, -0.25) is 4.79 Å². The second-order valence-corrected chi connectivity index (χ2v) is 9.11. The molecule has 1 aliphatic heterocycles. The fraction of sp³-hybridized carbons (Fsp3) is 0.107. The highest BCUT2D eigenvalue weighted by atomic mass is 35.5. The number of amides is 1. The van der Waals surface area contributed by atoms with Crippen molar-refractivity contribution in [1.82, 2.24) is 0 Å². The molecule has 0 aromatic heterocycles. The first kappa shape index (κ1) is 26.2. The van der Waals surface area contributed by atoms with Gasteiger partial charge in [0.05, 0.1) is 22.1 Å². The minimum atomic E-state index is -0.814. The highest BCUT2D eigenvalue weighted by Crippen LogP contribution is 2.40. The highest BCUT2D eigenvalue weighted by Gasteiger charge is 2.34. The second-order valence-electron chi connectivity index (χ2n) is 7.67. The zero-order valence-corrected chi connectivity index (χ0v) is 21.2. The Kier molecular flexibility index (Phi) is 8.43. The lowest BCUT2D eigenvalue weighted by atomic mass is 10.1. The van der Waals surface area contributed by atoms with Gasteiger partial charge in [-0.2, -0.15) is 0 Å². The van der Waals surface area contributed by atoms with Crippen LogP contribution in [0.4, 0.5) is 4.39 Å². The number of hydrogen-bond donors (Lipinski definition) is 1. The molecule has 1 amide bonds. The van der Waals surface area contributed by atoms with E-state index < -0.39 is 11.9 Å². The maximum absolute atomic E-state index is 14.0. The van der Waals surface area contributed by atoms with Crippen molar-refractivity contribution in [2.45, 2.75) is 13.5 Å². The van der Waals surface area contributed by atoms with Crippen molar-refractivity contribution < 1.29 is 28.6 Å². The Hall–Kier alpha value is -3.88. The molecule has 1 heterocycles. The molecule has 0 fully saturated rings. The summed E-state index contributed by atoms with van der Waals surface area (Å²) in [7, 11) is 0. The van der Waals surface area contributed by atoms with Gasteiger partial charge in [-0.15, -0.1) is 0 Å². The molecule has 4 rings (SSSR count). The van der Waals surface area contributed by atoms with Crippen molar-refractivity contribution in [3.8, 4) is 5.75 Å². The molecule has 0 unspecified atom stereocenters. The highest BCUT2D eigenvalue weighted by molar-refractivity contribution is 8.18. The molecular weight excluding hydrogens is 517 g/mol. The molecule has 0 saturated heterocycles. The molecule has 37 heavy (non-hydrogen) atoms. The van der Waals surface area contributed by atoms with Crippen LogP contribution < -0.4 is 4.74 Å². The summed E-state index contributed by atoms with van der Waals surface area (Å²) in [4.78, 5) is 29.8. The number of halogens is 2. The summed E-state index contributed by atoms with van der Waals surface area (Å²) in [5.74, 6) is -1.81. The molecule has 0 bridgehead atoms. The van der Waals surface area contributed by atoms with Crippen molar-refractivity contribution in [2.24, 2.45) is 4.99 Å². The van der Waals surface area contributed by atoms with Crippen LogP contribution in [0.25, 0.3) is 6.08 Å². The van der Waals surface area contributed by atoms with Crippen LogP contribution in [0.3, 0.4) is 0 Å². The maximum atomic E-state index is 14.0. The summed E-state index contributed by atoms with van der Waals surface area (Å²) < 4.78 is 24.9. The molecule has 0 radical (unpaired) electrons. The molecule has 1 aliphatic rings. The van der Waals surface area contributed by atoms with E-state index >= 15 is 0 Å². The third kappa shape index (κ3) is 6.10. The Morgan fingerprint density at radius 2 is 1.76 bits per heavy atom. The number of carbonyl (C=O) groups is 2. The van der Waals surface area contributed by atoms with Crippen LogP contribution in [-0.4, -0.2) is 28.6 Å². The van der Waals surface area contributed by atoms with Gasteiger partial charge < -0.3 is 14.6 Å². The normalized spacial score (nSPS) is 15.3. The van der Waals surface area contributed by atoms with E-state index in [1.165, 1.54) is 12.1 Å². The van der Waals surface area contributed by atoms with Gasteiger partial charge in [-0.05, 0) is 37.3 Å². The average Bonchev–Trinajstić information content (AvgIpc) is 3.18. The number of thioether (sulfide) groups is 1. The van der Waals surface area contributed by atoms with E-state index in [2.05, 4.69) is 4.99 Å². The molecule has 0 atom stereocenters. The molecule has 3 aromatic carbocycles. The first-order chi connectivity index (χ1) is 17.9. The SMILES string of the molecule is CCOC(=O)C1=C(O)/C(=C/c2ccccc2OCc2ccccc2F)SC1=NC(=O)c1ccccc1Cl. The number of para-hydroxylation sites is 1. The number of aliphatic imine (C=N–C) groups is 1. The first-order valence-corrected chi connectivity index (χ1v) is 12.4. The molecule has 188 valence electrons. The van der Waals surface area contributed by atoms with Crippen LogP contribution in [-0.2, 0) is 16.1 Å². The Bertz CT molecular complexity index is 1450. The molecule has 9 heteroatoms. The molecule has 6 nitrogen and oxygen atoms in total. The number of ether oxygens (including phenoxy) is 2. The lowest BCUT2D eigenvalue weighted by Gasteiger charge is -2.10. The van der Waals surface area contributed by atoms with Crippen molar-refractivity contribution in [2.75, 3.05) is 6.61 Å². The largest absolute Gasteiger partial charge is 0.506 e. The van der Waals surface area contributed by atoms with Crippen molar-refractivity contribution >= 4 is 46.4 Å². The minimum absolute atomic E-state index is 0.00501. The summed E-state index contributed by atoms with van der Waals surface area (Å²) in [5.41, 5.74) is 0.891. The van der Waals surface area contributed by atoms with Crippen LogP contribution in [0.5, 0.6) is 5.75 Å². The number of benzene rings is 3. The minimum Gasteiger partial charge on any atom is -0.506 e. The van der Waals surface area contributed by atoms with Gasteiger partial charge >= 0.3 is 5.97 Å². The van der Waals surface area contributed by atoms with Crippen LogP contribution >= 0.6 is 23.4 Å². The second kappa shape index (κ2) is 11.9. The van der Waals surface area contributed by atoms with Crippen LogP contribution in [0.15, 0.2) is 94.0 Å². The lowest BCUT2D eigenvalue weighted by molar-refractivity contribution is -0.138. The zero-order chi connectivity index (χ0) is 26.4. The standard InChI is InChI=1S/C28H21ClFNO5S/c1-2-35-28(34)24-25(32)23(37-27(24)31-26(33)19-11-5-6-12-20(19)29)15-17-9-4-8-14-22(17)36-16-18-10-3-7-13-21(18)30/h3-15,32H,2,16H2,1H3/b23-15-,31-27?. The van der Waals surface area contributed by atoms with Crippen molar-refractivity contribution in [1.29, 1.82) is 0 Å². The smallest absolute Gasteiger partial charge is 0.344 e. The Balaban J connectivity index is 1.68. The molecule has 0 spiro atoms. The topological polar surface area (TPSA) is 85.2 Å². The number of carbonyl (C=O) groups excluding carboxylic acids is 2. The Labute approximate surface area is 222 Å². The molecule has 0 aliphatic carbocycles. The summed E-state index contributed by atoms with van der Waals surface area (Å²) in [6.45, 7) is 1.69. The molecule has 1 N–H and O–H groups in total. The third-order valence-corrected chi connectivity index (χ3v) is 6.57. The number of aliphatic hydroxyl groups excluding tert-OH is 1. The van der Waals surface area contributed by atoms with Gasteiger partial charge in [0.15, 0.2) is 0 Å². The fourth-order valence-electron chi connectivity index (χ4n) is 3.42. The number of rotatable bonds is 7. The van der Waals surface area contributed by atoms with E-state index in [4.69, 9.17) is 21.1 Å². The van der Waals surface area contributed by atoms with E-state index in [-0.39, 0.29) is 50.9 Å². The van der Waals surface area contributed by atoms with Crippen molar-refractivity contribution in [3.05, 3.63) is 117 Å². The van der Waals surface area contributed by atoms with Crippen LogP contribution in [0.1, 0.15) is 28.4 Å². The number of esters is 1. The average molecular weight is 538 g/mol. The maximum Gasteiger partial charge on any atom is 0.344 e. The lowest BCUT2D eigenvalue weighted by Crippen LogP contribution is -2.14. The molecule has 0 saturated carbocycles. The third-order valence-electron chi connectivity index (χ3n) is 5.22. The van der Waals surface area contributed by atoms with Gasteiger partial charge in [-0.1, -0.05) is 71.9 Å². The van der Waals surface area contributed by atoms with E-state index in [0.29, 0.717) is 16.9 Å². The number of hydrogen-bond acceptors (Lipinski definition) is 6. The monoisotopic (exact) mass is 537 g/mol. The van der Waals surface area contributed by atoms with Crippen molar-refractivity contribution in [3.63, 3.8) is 0 Å². The predicted octanol–water partition coefficient (Wildman–Crippen LogP) is 6.76. The molecule has 3 aromatic rings. The van der Waals surface area contributed by atoms with Crippen LogP contribution in [0, 0.1) is 5.82 Å². The zero-order valence-electron chi connectivity index (χ0n) is 19.6. The summed E-state index contributed by atoms with van der Waals surface area (Å²) in [6, 6.07) is 19.7. The van der Waals surface area contributed by atoms with Gasteiger partial charge in [0.2, 0.25) is 0 Å². The van der Waals surface area contributed by atoms with E-state index in [0.717, 1.165) is 11.8 Å². The Morgan fingerprint density at radius 3 is 2.51 bits per heavy atom. The number of nitrogens with zero attached hydrogens (tertiary/aromatic N) is 1. The summed E-state index contributed by atoms with van der Waals surface area (Å²) in [5, 5.41) is 11.1. The van der Waals surface area contributed by atoms with Gasteiger partial charge in [-0.25, -0.2) is 14.2 Å². The number of aliphatic hydroxyl groups is 1. The summed E-state index contributed by atoms with van der Waals surface area (Å²) >= 11 is 7.06. The van der Waals surface area contributed by atoms with E-state index in [9.17, 15) is 19.1 Å². The summed E-state index contributed by atoms with van der Waals surface area (Å²) in [6.07, 6.45) is 1.60. The first-order valence-electron chi connectivity index (χ1n) is 11.2. The van der Waals surface area contributed by atoms with Crippen LogP contribution in [0.2, 0.25) is 5.02 Å². The quantitative estimate of drug-likeness (QED) is 0.335. The van der Waals surface area contributed by atoms with Gasteiger partial charge in [0.25, 0.3) is 5.91 Å². The van der Waals surface area contributed by atoms with Gasteiger partial charge in [0.1, 0.15) is 34.5 Å². The fourth-order valence-corrected chi connectivity index (χ4v) is 4.64. The predicted molar refractivity (Wildman–Crippen MR) is 142 cm³/mol. The molecular formula is C28H21ClFNO5S. The Morgan fingerprint density at radius 1 is 1.05 bits per heavy atom. The van der Waals surface area contributed by atoms with E-state index in [1.54, 1.807) is 73.7 Å². The van der Waals surface area contributed by atoms with E-state index in [1.807, 2.05) is 0 Å². The van der Waals surface area contributed by atoms with Gasteiger partial charge in [0, 0.05) is 11.1 Å².